The second-order valence-corrected chi connectivity index (χ2v) is 6.06. The minimum Gasteiger partial charge on any atom is -0.350 e. The summed E-state index contributed by atoms with van der Waals surface area (Å²) in [6, 6.07) is 0.589. The molecule has 0 aromatic carbocycles. The highest BCUT2D eigenvalue weighted by Gasteiger charge is 2.19. The molecule has 1 aliphatic rings. The number of likely N-dealkylation sites (N-methyl/N-ethyl adjacent to an activating group) is 1. The molecular weight excluding hydrogens is 214 g/mol. The summed E-state index contributed by atoms with van der Waals surface area (Å²) in [7, 11) is 2.17. The van der Waals surface area contributed by atoms with Crippen LogP contribution in [0.3, 0.4) is 0 Å². The summed E-state index contributed by atoms with van der Waals surface area (Å²) in [5.74, 6) is 0.0796. The van der Waals surface area contributed by atoms with Crippen LogP contribution in [-0.4, -0.2) is 49.1 Å². The fourth-order valence-corrected chi connectivity index (χ4v) is 2.22. The molecule has 4 heteroatoms. The van der Waals surface area contributed by atoms with Crippen LogP contribution >= 0.6 is 0 Å². The minimum atomic E-state index is -0.138. The summed E-state index contributed by atoms with van der Waals surface area (Å²) in [4.78, 5) is 14.0. The normalized spacial score (nSPS) is 22.5. The first-order valence-corrected chi connectivity index (χ1v) is 6.60. The second kappa shape index (κ2) is 6.36. The van der Waals surface area contributed by atoms with Crippen LogP contribution in [0.25, 0.3) is 0 Å². The van der Waals surface area contributed by atoms with Crippen LogP contribution in [0.2, 0.25) is 0 Å². The van der Waals surface area contributed by atoms with Crippen LogP contribution in [0, 0.1) is 0 Å². The van der Waals surface area contributed by atoms with Crippen molar-refractivity contribution in [1.82, 2.24) is 15.5 Å². The molecule has 0 aromatic rings. The number of nitrogens with zero attached hydrogens (tertiary/aromatic N) is 1. The van der Waals surface area contributed by atoms with E-state index < -0.39 is 0 Å². The molecule has 17 heavy (non-hydrogen) atoms. The Balaban J connectivity index is 2.16. The molecule has 1 heterocycles. The maximum atomic E-state index is 11.6. The quantitative estimate of drug-likeness (QED) is 0.771. The molecular formula is C13H27N3O. The molecule has 1 unspecified atom stereocenters. The molecule has 0 aliphatic carbocycles. The first-order chi connectivity index (χ1) is 7.88. The number of piperidine rings is 1. The summed E-state index contributed by atoms with van der Waals surface area (Å²) in [5.41, 5.74) is -0.138. The monoisotopic (exact) mass is 241 g/mol. The van der Waals surface area contributed by atoms with Crippen molar-refractivity contribution in [3.8, 4) is 0 Å². The highest BCUT2D eigenvalue weighted by Crippen LogP contribution is 2.13. The number of likely N-dealkylation sites (tertiary alicyclic amines) is 1. The molecule has 1 rings (SSSR count). The van der Waals surface area contributed by atoms with Crippen LogP contribution in [0.15, 0.2) is 0 Å². The second-order valence-electron chi connectivity index (χ2n) is 6.06. The Morgan fingerprint density at radius 1 is 1.35 bits per heavy atom. The topological polar surface area (TPSA) is 44.4 Å². The average molecular weight is 241 g/mol. The third-order valence-electron chi connectivity index (χ3n) is 3.10. The van der Waals surface area contributed by atoms with Gasteiger partial charge in [0.25, 0.3) is 0 Å². The van der Waals surface area contributed by atoms with E-state index in [1.807, 2.05) is 20.8 Å². The van der Waals surface area contributed by atoms with Crippen LogP contribution in [-0.2, 0) is 4.79 Å². The fraction of sp³-hybridized carbons (Fsp3) is 0.923. The van der Waals surface area contributed by atoms with Crippen molar-refractivity contribution in [2.24, 2.45) is 0 Å². The van der Waals surface area contributed by atoms with Crippen molar-refractivity contribution in [3.63, 3.8) is 0 Å². The number of hydrogen-bond acceptors (Lipinski definition) is 3. The highest BCUT2D eigenvalue weighted by atomic mass is 16.2. The van der Waals surface area contributed by atoms with Gasteiger partial charge in [0.2, 0.25) is 5.91 Å². The average Bonchev–Trinajstić information content (AvgIpc) is 2.18. The van der Waals surface area contributed by atoms with Crippen molar-refractivity contribution in [1.29, 1.82) is 0 Å². The van der Waals surface area contributed by atoms with E-state index in [1.165, 1.54) is 25.8 Å². The number of nitrogens with one attached hydrogen (secondary N) is 2. The first-order valence-electron chi connectivity index (χ1n) is 6.60. The Kier molecular flexibility index (Phi) is 5.40. The van der Waals surface area contributed by atoms with Crippen molar-refractivity contribution in [2.75, 3.05) is 26.7 Å². The molecule has 0 spiro atoms. The molecule has 100 valence electrons. The molecule has 1 aliphatic heterocycles. The van der Waals surface area contributed by atoms with E-state index in [4.69, 9.17) is 0 Å². The Morgan fingerprint density at radius 2 is 2.06 bits per heavy atom. The lowest BCUT2D eigenvalue weighted by Gasteiger charge is -2.32. The molecule has 1 saturated heterocycles. The Labute approximate surface area is 105 Å². The van der Waals surface area contributed by atoms with Crippen molar-refractivity contribution >= 4 is 5.91 Å². The maximum absolute atomic E-state index is 11.6. The van der Waals surface area contributed by atoms with E-state index in [1.54, 1.807) is 0 Å². The molecule has 1 amide bonds. The van der Waals surface area contributed by atoms with E-state index in [9.17, 15) is 4.79 Å². The van der Waals surface area contributed by atoms with Crippen LogP contribution < -0.4 is 10.6 Å². The van der Waals surface area contributed by atoms with Crippen molar-refractivity contribution in [2.45, 2.75) is 51.6 Å². The van der Waals surface area contributed by atoms with Crippen LogP contribution in [0.4, 0.5) is 0 Å². The van der Waals surface area contributed by atoms with Gasteiger partial charge in [-0.05, 0) is 47.2 Å². The largest absolute Gasteiger partial charge is 0.350 e. The highest BCUT2D eigenvalue weighted by molar-refractivity contribution is 5.78. The van der Waals surface area contributed by atoms with Gasteiger partial charge in [0.05, 0.1) is 6.54 Å². The molecule has 0 radical (unpaired) electrons. The van der Waals surface area contributed by atoms with Gasteiger partial charge in [0.15, 0.2) is 0 Å². The van der Waals surface area contributed by atoms with Crippen LogP contribution in [0.1, 0.15) is 40.0 Å². The van der Waals surface area contributed by atoms with Crippen molar-refractivity contribution < 1.29 is 4.79 Å². The van der Waals surface area contributed by atoms with Gasteiger partial charge in [0.1, 0.15) is 0 Å². The molecule has 2 N–H and O–H groups in total. The lowest BCUT2D eigenvalue weighted by molar-refractivity contribution is -0.121. The van der Waals surface area contributed by atoms with E-state index in [0.29, 0.717) is 12.6 Å². The third-order valence-corrected chi connectivity index (χ3v) is 3.10. The Bertz CT molecular complexity index is 248. The molecule has 0 saturated carbocycles. The van der Waals surface area contributed by atoms with Crippen molar-refractivity contribution in [3.05, 3.63) is 0 Å². The smallest absolute Gasteiger partial charge is 0.234 e. The van der Waals surface area contributed by atoms with Gasteiger partial charge in [-0.15, -0.1) is 0 Å². The SMILES string of the molecule is CN1CCCCC1CNCC(=O)NC(C)(C)C. The zero-order valence-electron chi connectivity index (χ0n) is 11.7. The molecule has 0 aromatic heterocycles. The zero-order chi connectivity index (χ0) is 12.9. The molecule has 1 fully saturated rings. The molecule has 1 atom stereocenters. The lowest BCUT2D eigenvalue weighted by atomic mass is 10.0. The fourth-order valence-electron chi connectivity index (χ4n) is 2.22. The zero-order valence-corrected chi connectivity index (χ0v) is 11.7. The summed E-state index contributed by atoms with van der Waals surface area (Å²) in [6.07, 6.45) is 3.85. The van der Waals surface area contributed by atoms with Gasteiger partial charge in [-0.2, -0.15) is 0 Å². The Morgan fingerprint density at radius 3 is 2.65 bits per heavy atom. The van der Waals surface area contributed by atoms with Crippen LogP contribution in [0.5, 0.6) is 0 Å². The van der Waals surface area contributed by atoms with Gasteiger partial charge in [-0.3, -0.25) is 4.79 Å². The van der Waals surface area contributed by atoms with E-state index in [0.717, 1.165) is 6.54 Å². The molecule has 4 nitrogen and oxygen atoms in total. The minimum absolute atomic E-state index is 0.0796. The van der Waals surface area contributed by atoms with Gasteiger partial charge in [-0.25, -0.2) is 0 Å². The summed E-state index contributed by atoms with van der Waals surface area (Å²) in [6.45, 7) is 8.51. The number of rotatable bonds is 4. The number of amides is 1. The third kappa shape index (κ3) is 6.03. The van der Waals surface area contributed by atoms with E-state index >= 15 is 0 Å². The number of carbonyl (C=O) groups is 1. The maximum Gasteiger partial charge on any atom is 0.234 e. The number of carbonyl (C=O) groups excluding carboxylic acids is 1. The summed E-state index contributed by atoms with van der Waals surface area (Å²) < 4.78 is 0. The standard InChI is InChI=1S/C13H27N3O/c1-13(2,3)15-12(17)10-14-9-11-7-5-6-8-16(11)4/h11,14H,5-10H2,1-4H3,(H,15,17). The van der Waals surface area contributed by atoms with Gasteiger partial charge >= 0.3 is 0 Å². The summed E-state index contributed by atoms with van der Waals surface area (Å²) >= 11 is 0. The first kappa shape index (κ1) is 14.5. The number of hydrogen-bond donors (Lipinski definition) is 2. The predicted molar refractivity (Wildman–Crippen MR) is 71.0 cm³/mol. The lowest BCUT2D eigenvalue weighted by Crippen LogP contribution is -2.48. The van der Waals surface area contributed by atoms with Gasteiger partial charge in [0, 0.05) is 18.1 Å². The Hall–Kier alpha value is -0.610. The van der Waals surface area contributed by atoms with Gasteiger partial charge < -0.3 is 15.5 Å². The van der Waals surface area contributed by atoms with E-state index in [-0.39, 0.29) is 11.4 Å². The predicted octanol–water partition coefficient (Wildman–Crippen LogP) is 0.975. The van der Waals surface area contributed by atoms with Gasteiger partial charge in [-0.1, -0.05) is 6.42 Å². The van der Waals surface area contributed by atoms with E-state index in [2.05, 4.69) is 22.6 Å². The summed E-state index contributed by atoms with van der Waals surface area (Å²) in [5, 5.41) is 6.21. The molecule has 0 bridgehead atoms.